The number of hydrogen-bond donors (Lipinski definition) is 3. The molecule has 1 aliphatic rings. The summed E-state index contributed by atoms with van der Waals surface area (Å²) in [6.07, 6.45) is 0.866. The Kier molecular flexibility index (Phi) is 5.93. The fourth-order valence-corrected chi connectivity index (χ4v) is 0.639. The van der Waals surface area contributed by atoms with Gasteiger partial charge in [0.05, 0.1) is 6.10 Å². The molecule has 3 nitrogen and oxygen atoms in total. The second kappa shape index (κ2) is 6.01. The number of hydrogen-bond acceptors (Lipinski definition) is 3. The maximum absolute atomic E-state index is 8.67. The summed E-state index contributed by atoms with van der Waals surface area (Å²) in [5.41, 5.74) is 0. The van der Waals surface area contributed by atoms with E-state index < -0.39 is 0 Å². The van der Waals surface area contributed by atoms with E-state index in [-0.39, 0.29) is 12.7 Å². The van der Waals surface area contributed by atoms with Crippen molar-refractivity contribution < 1.29 is 10.2 Å². The lowest BCUT2D eigenvalue weighted by Crippen LogP contribution is -2.11. The minimum atomic E-state index is -0.0648. The van der Waals surface area contributed by atoms with Crippen molar-refractivity contribution in [1.82, 2.24) is 5.32 Å². The van der Waals surface area contributed by atoms with E-state index in [0.717, 1.165) is 19.5 Å². The third kappa shape index (κ3) is 5.76. The molecule has 1 aliphatic heterocycles. The molecule has 0 aromatic rings. The van der Waals surface area contributed by atoms with Gasteiger partial charge in [0.2, 0.25) is 0 Å². The summed E-state index contributed by atoms with van der Waals surface area (Å²) in [6, 6.07) is 0. The summed E-state index contributed by atoms with van der Waals surface area (Å²) in [4.78, 5) is 0. The molecule has 0 radical (unpaired) electrons. The zero-order valence-corrected chi connectivity index (χ0v) is 5.80. The fraction of sp³-hybridized carbons (Fsp3) is 1.00. The minimum Gasteiger partial charge on any atom is -0.397 e. The molecule has 3 heteroatoms. The molecule has 0 aliphatic carbocycles. The minimum absolute atomic E-state index is 0.0648. The molecule has 1 saturated heterocycles. The molecule has 0 saturated carbocycles. The van der Waals surface area contributed by atoms with E-state index in [1.807, 2.05) is 0 Å². The Labute approximate surface area is 55.7 Å². The first-order chi connectivity index (χ1) is 4.31. The first-order valence-electron chi connectivity index (χ1n) is 3.31. The van der Waals surface area contributed by atoms with Gasteiger partial charge in [-0.1, -0.05) is 0 Å². The molecule has 9 heavy (non-hydrogen) atoms. The van der Waals surface area contributed by atoms with Crippen LogP contribution in [0.25, 0.3) is 0 Å². The Balaban J connectivity index is 0.000000187. The van der Waals surface area contributed by atoms with Crippen molar-refractivity contribution in [2.45, 2.75) is 19.4 Å². The smallest absolute Gasteiger partial charge is 0.0676 e. The topological polar surface area (TPSA) is 52.5 Å². The van der Waals surface area contributed by atoms with Gasteiger partial charge < -0.3 is 15.5 Å². The Morgan fingerprint density at radius 1 is 1.67 bits per heavy atom. The van der Waals surface area contributed by atoms with Crippen LogP contribution in [0.2, 0.25) is 0 Å². The third-order valence-electron chi connectivity index (χ3n) is 1.03. The fourth-order valence-electron chi connectivity index (χ4n) is 0.639. The van der Waals surface area contributed by atoms with E-state index >= 15 is 0 Å². The van der Waals surface area contributed by atoms with E-state index in [4.69, 9.17) is 10.2 Å². The van der Waals surface area contributed by atoms with Crippen molar-refractivity contribution in [1.29, 1.82) is 0 Å². The molecule has 0 bridgehead atoms. The van der Waals surface area contributed by atoms with Crippen LogP contribution in [0.4, 0.5) is 0 Å². The molecule has 56 valence electrons. The molecule has 0 aromatic carbocycles. The lowest BCUT2D eigenvalue weighted by atomic mass is 10.3. The summed E-state index contributed by atoms with van der Waals surface area (Å²) < 4.78 is 0. The van der Waals surface area contributed by atoms with Gasteiger partial charge in [-0.05, 0) is 19.9 Å². The van der Waals surface area contributed by atoms with Gasteiger partial charge in [0, 0.05) is 13.2 Å². The number of β-amino-alcohol motifs (C(OH)–C–C–N with tert-alkyl or cyclic N) is 1. The predicted molar refractivity (Wildman–Crippen MR) is 36.3 cm³/mol. The first-order valence-corrected chi connectivity index (χ1v) is 3.31. The highest BCUT2D eigenvalue weighted by molar-refractivity contribution is 4.67. The highest BCUT2D eigenvalue weighted by Crippen LogP contribution is 1.93. The SMILES string of the molecule is CCO.OC1CCNC1. The standard InChI is InChI=1S/C4H9NO.C2H6O/c6-4-1-2-5-3-4;1-2-3/h4-6H,1-3H2;3H,2H2,1H3. The van der Waals surface area contributed by atoms with Crippen LogP contribution in [0.5, 0.6) is 0 Å². The molecule has 1 fully saturated rings. The summed E-state index contributed by atoms with van der Waals surface area (Å²) >= 11 is 0. The van der Waals surface area contributed by atoms with E-state index in [1.54, 1.807) is 6.92 Å². The van der Waals surface area contributed by atoms with Crippen molar-refractivity contribution >= 4 is 0 Å². The molecule has 1 atom stereocenters. The van der Waals surface area contributed by atoms with E-state index in [2.05, 4.69) is 5.32 Å². The van der Waals surface area contributed by atoms with Gasteiger partial charge in [-0.2, -0.15) is 0 Å². The summed E-state index contributed by atoms with van der Waals surface area (Å²) in [5, 5.41) is 19.3. The quantitative estimate of drug-likeness (QED) is 0.411. The van der Waals surface area contributed by atoms with Gasteiger partial charge in [-0.15, -0.1) is 0 Å². The largest absolute Gasteiger partial charge is 0.397 e. The Hall–Kier alpha value is -0.120. The maximum Gasteiger partial charge on any atom is 0.0676 e. The van der Waals surface area contributed by atoms with Crippen LogP contribution in [0.1, 0.15) is 13.3 Å². The third-order valence-corrected chi connectivity index (χ3v) is 1.03. The second-order valence-electron chi connectivity index (χ2n) is 1.96. The van der Waals surface area contributed by atoms with Gasteiger partial charge in [0.15, 0.2) is 0 Å². The van der Waals surface area contributed by atoms with Crippen LogP contribution in [0, 0.1) is 0 Å². The zero-order valence-electron chi connectivity index (χ0n) is 5.80. The van der Waals surface area contributed by atoms with Crippen LogP contribution >= 0.6 is 0 Å². The van der Waals surface area contributed by atoms with Crippen LogP contribution < -0.4 is 5.32 Å². The van der Waals surface area contributed by atoms with Gasteiger partial charge >= 0.3 is 0 Å². The lowest BCUT2D eigenvalue weighted by molar-refractivity contribution is 0.196. The van der Waals surface area contributed by atoms with E-state index in [1.165, 1.54) is 0 Å². The van der Waals surface area contributed by atoms with E-state index in [0.29, 0.717) is 0 Å². The predicted octanol–water partition coefficient (Wildman–Crippen LogP) is -0.661. The van der Waals surface area contributed by atoms with Crippen molar-refractivity contribution in [3.63, 3.8) is 0 Å². The molecule has 0 aromatic heterocycles. The molecule has 0 amide bonds. The highest BCUT2D eigenvalue weighted by atomic mass is 16.3. The number of rotatable bonds is 0. The summed E-state index contributed by atoms with van der Waals surface area (Å²) in [6.45, 7) is 3.71. The molecule has 1 heterocycles. The molecule has 1 rings (SSSR count). The summed E-state index contributed by atoms with van der Waals surface area (Å²) in [5.74, 6) is 0. The molecule has 0 spiro atoms. The summed E-state index contributed by atoms with van der Waals surface area (Å²) in [7, 11) is 0. The normalized spacial score (nSPS) is 25.0. The van der Waals surface area contributed by atoms with Gasteiger partial charge in [-0.3, -0.25) is 0 Å². The van der Waals surface area contributed by atoms with Crippen molar-refractivity contribution in [3.8, 4) is 0 Å². The number of aliphatic hydroxyl groups excluding tert-OH is 2. The van der Waals surface area contributed by atoms with Crippen LogP contribution in [0.3, 0.4) is 0 Å². The van der Waals surface area contributed by atoms with Crippen LogP contribution in [-0.2, 0) is 0 Å². The molecule has 1 unspecified atom stereocenters. The van der Waals surface area contributed by atoms with E-state index in [9.17, 15) is 0 Å². The first kappa shape index (κ1) is 8.88. The van der Waals surface area contributed by atoms with Gasteiger partial charge in [0.25, 0.3) is 0 Å². The van der Waals surface area contributed by atoms with Crippen molar-refractivity contribution in [3.05, 3.63) is 0 Å². The molecular formula is C6H15NO2. The Morgan fingerprint density at radius 3 is 2.33 bits per heavy atom. The lowest BCUT2D eigenvalue weighted by Gasteiger charge is -1.90. The average molecular weight is 133 g/mol. The number of aliphatic hydroxyl groups is 2. The zero-order chi connectivity index (χ0) is 7.11. The molecular weight excluding hydrogens is 118 g/mol. The molecule has 3 N–H and O–H groups in total. The van der Waals surface area contributed by atoms with Crippen LogP contribution in [-0.4, -0.2) is 36.0 Å². The van der Waals surface area contributed by atoms with Crippen LogP contribution in [0.15, 0.2) is 0 Å². The van der Waals surface area contributed by atoms with Gasteiger partial charge in [-0.25, -0.2) is 0 Å². The monoisotopic (exact) mass is 133 g/mol. The van der Waals surface area contributed by atoms with Crippen molar-refractivity contribution in [2.24, 2.45) is 0 Å². The second-order valence-corrected chi connectivity index (χ2v) is 1.96. The number of nitrogens with one attached hydrogen (secondary N) is 1. The maximum atomic E-state index is 8.67. The Bertz CT molecular complexity index is 53.0. The van der Waals surface area contributed by atoms with Gasteiger partial charge in [0.1, 0.15) is 0 Å². The average Bonchev–Trinajstić information content (AvgIpc) is 2.20. The van der Waals surface area contributed by atoms with Crippen molar-refractivity contribution in [2.75, 3.05) is 19.7 Å². The highest BCUT2D eigenvalue weighted by Gasteiger charge is 2.08. The Morgan fingerprint density at radius 2 is 2.22 bits per heavy atom.